The molecule has 42 heavy (non-hydrogen) atoms. The van der Waals surface area contributed by atoms with Crippen molar-refractivity contribution in [2.24, 2.45) is 0 Å². The smallest absolute Gasteiger partial charge is 0.408 e. The van der Waals surface area contributed by atoms with E-state index >= 15 is 0 Å². The Morgan fingerprint density at radius 3 is 2.02 bits per heavy atom. The Balaban J connectivity index is 2.50. The van der Waals surface area contributed by atoms with Crippen LogP contribution in [0.2, 0.25) is 0 Å². The molecule has 3 N–H and O–H groups in total. The van der Waals surface area contributed by atoms with Gasteiger partial charge in [0.05, 0.1) is 0 Å². The summed E-state index contributed by atoms with van der Waals surface area (Å²) in [7, 11) is 0. The highest BCUT2D eigenvalue weighted by Crippen LogP contribution is 2.33. The predicted molar refractivity (Wildman–Crippen MR) is 160 cm³/mol. The van der Waals surface area contributed by atoms with Crippen LogP contribution in [-0.2, 0) is 30.3 Å². The van der Waals surface area contributed by atoms with Gasteiger partial charge in [-0.25, -0.2) is 9.59 Å². The van der Waals surface area contributed by atoms with Crippen molar-refractivity contribution in [2.45, 2.75) is 98.1 Å². The predicted octanol–water partition coefficient (Wildman–Crippen LogP) is 4.57. The molecule has 0 radical (unpaired) electrons. The Labute approximate surface area is 248 Å². The van der Waals surface area contributed by atoms with E-state index in [2.05, 4.69) is 10.6 Å². The number of phenols is 1. The first-order valence-electron chi connectivity index (χ1n) is 14.0. The van der Waals surface area contributed by atoms with Crippen molar-refractivity contribution in [3.8, 4) is 5.75 Å². The van der Waals surface area contributed by atoms with Gasteiger partial charge in [-0.1, -0.05) is 48.5 Å². The Morgan fingerprint density at radius 1 is 0.881 bits per heavy atom. The molecule has 0 aliphatic carbocycles. The van der Waals surface area contributed by atoms with Crippen LogP contribution in [0.5, 0.6) is 5.75 Å². The zero-order valence-electron chi connectivity index (χ0n) is 26.1. The van der Waals surface area contributed by atoms with Crippen molar-refractivity contribution in [1.29, 1.82) is 0 Å². The fourth-order valence-corrected chi connectivity index (χ4v) is 4.27. The minimum absolute atomic E-state index is 0.143. The summed E-state index contributed by atoms with van der Waals surface area (Å²) >= 11 is 0. The molecule has 0 heterocycles. The molecule has 0 saturated heterocycles. The number of carbonyl (C=O) groups is 4. The van der Waals surface area contributed by atoms with E-state index in [-0.39, 0.29) is 17.7 Å². The second kappa shape index (κ2) is 14.2. The van der Waals surface area contributed by atoms with Gasteiger partial charge in [0, 0.05) is 18.0 Å². The molecule has 10 nitrogen and oxygen atoms in total. The largest absolute Gasteiger partial charge is 0.507 e. The number of alkyl carbamates (subject to hydrolysis) is 1. The van der Waals surface area contributed by atoms with Gasteiger partial charge in [-0.2, -0.15) is 0 Å². The number of amides is 3. The molecule has 0 saturated carbocycles. The van der Waals surface area contributed by atoms with Crippen LogP contribution in [0.4, 0.5) is 4.79 Å². The number of rotatable bonds is 10. The van der Waals surface area contributed by atoms with Gasteiger partial charge in [0.15, 0.2) is 0 Å². The number of phenolic OH excluding ortho intramolecular Hbond substituents is 1. The highest BCUT2D eigenvalue weighted by molar-refractivity contribution is 5.93. The quantitative estimate of drug-likeness (QED) is 0.349. The zero-order valence-corrected chi connectivity index (χ0v) is 26.1. The van der Waals surface area contributed by atoms with Gasteiger partial charge >= 0.3 is 12.1 Å². The second-order valence-corrected chi connectivity index (χ2v) is 12.4. The van der Waals surface area contributed by atoms with Crippen LogP contribution < -0.4 is 10.6 Å². The van der Waals surface area contributed by atoms with Gasteiger partial charge in [0.2, 0.25) is 11.8 Å². The maximum absolute atomic E-state index is 14.1. The van der Waals surface area contributed by atoms with Gasteiger partial charge in [-0.05, 0) is 73.4 Å². The van der Waals surface area contributed by atoms with E-state index in [1.807, 2.05) is 30.3 Å². The fourth-order valence-electron chi connectivity index (χ4n) is 4.27. The minimum Gasteiger partial charge on any atom is -0.507 e. The van der Waals surface area contributed by atoms with Gasteiger partial charge in [0.25, 0.3) is 0 Å². The standard InChI is InChI=1S/C32H45N3O7/c1-20(2)35(25(36)19-33-30(40)42-32(7,8)9)26(23-17-13-14-21(3)27(23)37)28(38)34-24(29(39)41-31(4,5)6)18-22-15-11-10-12-16-22/h10-17,20,24,26,37H,18-19H2,1-9H3,(H,33,40)(H,34,38). The van der Waals surface area contributed by atoms with Crippen molar-refractivity contribution in [3.05, 3.63) is 65.2 Å². The number of benzene rings is 2. The van der Waals surface area contributed by atoms with Crippen LogP contribution in [0.1, 0.15) is 78.1 Å². The van der Waals surface area contributed by atoms with E-state index < -0.39 is 59.7 Å². The zero-order chi connectivity index (χ0) is 31.8. The number of esters is 1. The molecule has 230 valence electrons. The lowest BCUT2D eigenvalue weighted by Crippen LogP contribution is -2.53. The molecule has 10 heteroatoms. The number of nitrogens with one attached hydrogen (secondary N) is 2. The lowest BCUT2D eigenvalue weighted by atomic mass is 9.98. The lowest BCUT2D eigenvalue weighted by molar-refractivity contribution is -0.159. The summed E-state index contributed by atoms with van der Waals surface area (Å²) in [6.07, 6.45) is -0.643. The maximum atomic E-state index is 14.1. The van der Waals surface area contributed by atoms with Gasteiger partial charge in [-0.3, -0.25) is 9.59 Å². The van der Waals surface area contributed by atoms with E-state index in [1.54, 1.807) is 80.5 Å². The third-order valence-corrected chi connectivity index (χ3v) is 6.01. The summed E-state index contributed by atoms with van der Waals surface area (Å²) in [5.74, 6) is -2.08. The topological polar surface area (TPSA) is 134 Å². The molecule has 2 aromatic carbocycles. The SMILES string of the molecule is Cc1cccc(C(C(=O)NC(Cc2ccccc2)C(=O)OC(C)(C)C)N(C(=O)CNC(=O)OC(C)(C)C)C(C)C)c1O. The molecular weight excluding hydrogens is 538 g/mol. The van der Waals surface area contributed by atoms with Crippen molar-refractivity contribution in [3.63, 3.8) is 0 Å². The van der Waals surface area contributed by atoms with Crippen molar-refractivity contribution in [2.75, 3.05) is 6.54 Å². The summed E-state index contributed by atoms with van der Waals surface area (Å²) in [6, 6.07) is 11.1. The molecule has 0 aromatic heterocycles. The number of ether oxygens (including phenoxy) is 2. The summed E-state index contributed by atoms with van der Waals surface area (Å²) in [4.78, 5) is 54.5. The number of carbonyl (C=O) groups excluding carboxylic acids is 4. The Bertz CT molecular complexity index is 1250. The number of aromatic hydroxyl groups is 1. The Hall–Kier alpha value is -4.08. The first-order chi connectivity index (χ1) is 19.4. The van der Waals surface area contributed by atoms with Crippen LogP contribution >= 0.6 is 0 Å². The molecule has 0 aliphatic heterocycles. The second-order valence-electron chi connectivity index (χ2n) is 12.4. The van der Waals surface area contributed by atoms with Crippen LogP contribution in [0, 0.1) is 6.92 Å². The van der Waals surface area contributed by atoms with Gasteiger partial charge in [0.1, 0.15) is 35.6 Å². The van der Waals surface area contributed by atoms with Crippen molar-refractivity contribution in [1.82, 2.24) is 15.5 Å². The molecular formula is C32H45N3O7. The highest BCUT2D eigenvalue weighted by atomic mass is 16.6. The van der Waals surface area contributed by atoms with Crippen LogP contribution in [0.15, 0.2) is 48.5 Å². The highest BCUT2D eigenvalue weighted by Gasteiger charge is 2.38. The van der Waals surface area contributed by atoms with E-state index in [0.717, 1.165) is 5.56 Å². The number of aryl methyl sites for hydroxylation is 1. The number of para-hydroxylation sites is 1. The molecule has 0 bridgehead atoms. The Kier molecular flexibility index (Phi) is 11.5. The third-order valence-electron chi connectivity index (χ3n) is 6.01. The van der Waals surface area contributed by atoms with Crippen molar-refractivity contribution < 1.29 is 33.8 Å². The lowest BCUT2D eigenvalue weighted by Gasteiger charge is -2.36. The molecule has 2 aromatic rings. The summed E-state index contributed by atoms with van der Waals surface area (Å²) < 4.78 is 10.9. The average Bonchev–Trinajstić information content (AvgIpc) is 2.85. The molecule has 2 atom stereocenters. The molecule has 2 rings (SSSR count). The third kappa shape index (κ3) is 10.4. The van der Waals surface area contributed by atoms with Crippen molar-refractivity contribution >= 4 is 23.9 Å². The first kappa shape index (κ1) is 34.1. The number of hydrogen-bond donors (Lipinski definition) is 3. The summed E-state index contributed by atoms with van der Waals surface area (Å²) in [5, 5.41) is 16.2. The van der Waals surface area contributed by atoms with Crippen LogP contribution in [-0.4, -0.2) is 63.7 Å². The number of nitrogens with zero attached hydrogens (tertiary/aromatic N) is 1. The average molecular weight is 584 g/mol. The first-order valence-corrected chi connectivity index (χ1v) is 14.0. The molecule has 0 spiro atoms. The number of hydrogen-bond acceptors (Lipinski definition) is 7. The van der Waals surface area contributed by atoms with Gasteiger partial charge in [-0.15, -0.1) is 0 Å². The maximum Gasteiger partial charge on any atom is 0.408 e. The molecule has 2 unspecified atom stereocenters. The van der Waals surface area contributed by atoms with Crippen LogP contribution in [0.3, 0.4) is 0 Å². The van der Waals surface area contributed by atoms with E-state index in [9.17, 15) is 24.3 Å². The van der Waals surface area contributed by atoms with E-state index in [0.29, 0.717) is 5.56 Å². The molecule has 3 amide bonds. The summed E-state index contributed by atoms with van der Waals surface area (Å²) in [5.41, 5.74) is -0.105. The normalized spacial score (nSPS) is 13.1. The minimum atomic E-state index is -1.33. The van der Waals surface area contributed by atoms with Crippen LogP contribution in [0.25, 0.3) is 0 Å². The van der Waals surface area contributed by atoms with Gasteiger partial charge < -0.3 is 30.1 Å². The molecule has 0 aliphatic rings. The summed E-state index contributed by atoms with van der Waals surface area (Å²) in [6.45, 7) is 15.0. The Morgan fingerprint density at radius 2 is 1.48 bits per heavy atom. The van der Waals surface area contributed by atoms with E-state index in [1.165, 1.54) is 4.90 Å². The fraction of sp³-hybridized carbons (Fsp3) is 0.500. The molecule has 0 fully saturated rings. The van der Waals surface area contributed by atoms with E-state index in [4.69, 9.17) is 9.47 Å². The monoisotopic (exact) mass is 583 g/mol.